The first-order valence-electron chi connectivity index (χ1n) is 7.52. The summed E-state index contributed by atoms with van der Waals surface area (Å²) in [6.07, 6.45) is 8.40. The van der Waals surface area contributed by atoms with E-state index in [2.05, 4.69) is 11.8 Å². The van der Waals surface area contributed by atoms with Gasteiger partial charge in [-0.25, -0.2) is 0 Å². The molecule has 1 aliphatic carbocycles. The molecule has 3 nitrogen and oxygen atoms in total. The van der Waals surface area contributed by atoms with Crippen molar-refractivity contribution in [3.05, 3.63) is 0 Å². The molecule has 1 saturated heterocycles. The van der Waals surface area contributed by atoms with Crippen LogP contribution in [0.3, 0.4) is 0 Å². The third kappa shape index (κ3) is 2.87. The van der Waals surface area contributed by atoms with Crippen molar-refractivity contribution in [3.63, 3.8) is 0 Å². The maximum Gasteiger partial charge on any atom is 0.310 e. The van der Waals surface area contributed by atoms with Gasteiger partial charge in [0, 0.05) is 12.6 Å². The molecule has 1 N–H and O–H groups in total. The standard InChI is InChI=1S/C15H27NO2/c1-3-12-6-4-7-13(10-12)16-9-5-8-15(2,11-16)14(17)18/h12-13H,3-11H2,1-2H3,(H,17,18). The predicted octanol–water partition coefficient (Wildman–Crippen LogP) is 3.14. The van der Waals surface area contributed by atoms with Gasteiger partial charge in [-0.05, 0) is 45.1 Å². The van der Waals surface area contributed by atoms with Crippen molar-refractivity contribution in [2.45, 2.75) is 64.8 Å². The Kier molecular flexibility index (Phi) is 4.31. The van der Waals surface area contributed by atoms with E-state index in [1.165, 1.54) is 32.1 Å². The zero-order valence-electron chi connectivity index (χ0n) is 11.8. The lowest BCUT2D eigenvalue weighted by Crippen LogP contribution is -2.51. The number of rotatable bonds is 3. The van der Waals surface area contributed by atoms with E-state index < -0.39 is 11.4 Å². The molecule has 1 aliphatic heterocycles. The molecule has 18 heavy (non-hydrogen) atoms. The molecular formula is C15H27NO2. The molecule has 2 fully saturated rings. The van der Waals surface area contributed by atoms with Crippen LogP contribution < -0.4 is 0 Å². The average molecular weight is 253 g/mol. The first-order valence-corrected chi connectivity index (χ1v) is 7.52. The van der Waals surface area contributed by atoms with Crippen LogP contribution >= 0.6 is 0 Å². The lowest BCUT2D eigenvalue weighted by molar-refractivity contribution is -0.152. The molecule has 3 unspecified atom stereocenters. The summed E-state index contributed by atoms with van der Waals surface area (Å²) in [6.45, 7) is 6.06. The fourth-order valence-electron chi connectivity index (χ4n) is 3.73. The highest BCUT2D eigenvalue weighted by Crippen LogP contribution is 2.35. The minimum Gasteiger partial charge on any atom is -0.481 e. The number of carboxylic acids is 1. The molecule has 3 heteroatoms. The average Bonchev–Trinajstić information content (AvgIpc) is 2.39. The normalized spacial score (nSPS) is 38.6. The van der Waals surface area contributed by atoms with Gasteiger partial charge in [0.25, 0.3) is 0 Å². The monoisotopic (exact) mass is 253 g/mol. The van der Waals surface area contributed by atoms with Crippen molar-refractivity contribution >= 4 is 5.97 Å². The number of nitrogens with zero attached hydrogens (tertiary/aromatic N) is 1. The summed E-state index contributed by atoms with van der Waals surface area (Å²) >= 11 is 0. The quantitative estimate of drug-likeness (QED) is 0.840. The molecule has 3 atom stereocenters. The molecule has 0 aromatic carbocycles. The van der Waals surface area contributed by atoms with E-state index in [1.54, 1.807) is 0 Å². The second-order valence-electron chi connectivity index (χ2n) is 6.53. The third-order valence-corrected chi connectivity index (χ3v) is 5.09. The van der Waals surface area contributed by atoms with Gasteiger partial charge in [0.15, 0.2) is 0 Å². The predicted molar refractivity (Wildman–Crippen MR) is 72.6 cm³/mol. The Labute approximate surface area is 111 Å². The van der Waals surface area contributed by atoms with Gasteiger partial charge in [-0.1, -0.05) is 26.2 Å². The number of likely N-dealkylation sites (tertiary alicyclic amines) is 1. The summed E-state index contributed by atoms with van der Waals surface area (Å²) in [6, 6.07) is 0.641. The van der Waals surface area contributed by atoms with Crippen molar-refractivity contribution in [3.8, 4) is 0 Å². The van der Waals surface area contributed by atoms with Gasteiger partial charge < -0.3 is 5.11 Å². The lowest BCUT2D eigenvalue weighted by atomic mass is 9.78. The van der Waals surface area contributed by atoms with Crippen molar-refractivity contribution in [1.29, 1.82) is 0 Å². The Morgan fingerprint density at radius 1 is 1.39 bits per heavy atom. The van der Waals surface area contributed by atoms with Gasteiger partial charge in [0.05, 0.1) is 5.41 Å². The van der Waals surface area contributed by atoms with Crippen LogP contribution in [0.1, 0.15) is 58.8 Å². The largest absolute Gasteiger partial charge is 0.481 e. The minimum absolute atomic E-state index is 0.516. The summed E-state index contributed by atoms with van der Waals surface area (Å²) < 4.78 is 0. The molecule has 0 amide bonds. The minimum atomic E-state index is -0.616. The molecule has 0 aromatic rings. The molecule has 2 aliphatic rings. The first-order chi connectivity index (χ1) is 8.55. The molecular weight excluding hydrogens is 226 g/mol. The summed E-state index contributed by atoms with van der Waals surface area (Å²) in [5, 5.41) is 9.39. The molecule has 1 heterocycles. The van der Waals surface area contributed by atoms with Crippen molar-refractivity contribution in [1.82, 2.24) is 4.90 Å². The lowest BCUT2D eigenvalue weighted by Gasteiger charge is -2.44. The fourth-order valence-corrected chi connectivity index (χ4v) is 3.73. The maximum atomic E-state index is 11.4. The van der Waals surface area contributed by atoms with Gasteiger partial charge in [-0.15, -0.1) is 0 Å². The van der Waals surface area contributed by atoms with Crippen molar-refractivity contribution in [2.75, 3.05) is 13.1 Å². The van der Waals surface area contributed by atoms with Crippen LogP contribution in [0.4, 0.5) is 0 Å². The van der Waals surface area contributed by atoms with Gasteiger partial charge in [-0.2, -0.15) is 0 Å². The van der Waals surface area contributed by atoms with Crippen molar-refractivity contribution in [2.24, 2.45) is 11.3 Å². The van der Waals surface area contributed by atoms with Crippen LogP contribution in [0.15, 0.2) is 0 Å². The Bertz CT molecular complexity index is 305. The number of aliphatic carboxylic acids is 1. The van der Waals surface area contributed by atoms with Crippen molar-refractivity contribution < 1.29 is 9.90 Å². The number of hydrogen-bond donors (Lipinski definition) is 1. The molecule has 0 spiro atoms. The van der Waals surface area contributed by atoms with Crippen LogP contribution in [-0.2, 0) is 4.79 Å². The second-order valence-corrected chi connectivity index (χ2v) is 6.53. The number of carboxylic acid groups (broad SMARTS) is 1. The van der Waals surface area contributed by atoms with Gasteiger partial charge >= 0.3 is 5.97 Å². The first kappa shape index (κ1) is 13.9. The van der Waals surface area contributed by atoms with Gasteiger partial charge in [-0.3, -0.25) is 9.69 Å². The topological polar surface area (TPSA) is 40.5 Å². The van der Waals surface area contributed by atoms with Gasteiger partial charge in [0.1, 0.15) is 0 Å². The molecule has 0 aromatic heterocycles. The van der Waals surface area contributed by atoms with E-state index in [0.717, 1.165) is 31.8 Å². The zero-order chi connectivity index (χ0) is 13.2. The molecule has 104 valence electrons. The smallest absolute Gasteiger partial charge is 0.310 e. The van der Waals surface area contributed by atoms with E-state index in [4.69, 9.17) is 0 Å². The van der Waals surface area contributed by atoms with Crippen LogP contribution in [-0.4, -0.2) is 35.1 Å². The zero-order valence-corrected chi connectivity index (χ0v) is 11.8. The van der Waals surface area contributed by atoms with E-state index in [9.17, 15) is 9.90 Å². The third-order valence-electron chi connectivity index (χ3n) is 5.09. The summed E-state index contributed by atoms with van der Waals surface area (Å²) in [4.78, 5) is 13.9. The second kappa shape index (κ2) is 5.60. The van der Waals surface area contributed by atoms with Crippen LogP contribution in [0, 0.1) is 11.3 Å². The molecule has 2 rings (SSSR count). The van der Waals surface area contributed by atoms with E-state index >= 15 is 0 Å². The molecule has 0 bridgehead atoms. The van der Waals surface area contributed by atoms with Crippen LogP contribution in [0.2, 0.25) is 0 Å². The van der Waals surface area contributed by atoms with Gasteiger partial charge in [0.2, 0.25) is 0 Å². The van der Waals surface area contributed by atoms with E-state index in [0.29, 0.717) is 6.04 Å². The Morgan fingerprint density at radius 3 is 2.83 bits per heavy atom. The maximum absolute atomic E-state index is 11.4. The highest BCUT2D eigenvalue weighted by atomic mass is 16.4. The highest BCUT2D eigenvalue weighted by molar-refractivity contribution is 5.74. The fraction of sp³-hybridized carbons (Fsp3) is 0.933. The number of hydrogen-bond acceptors (Lipinski definition) is 2. The molecule has 0 radical (unpaired) electrons. The Hall–Kier alpha value is -0.570. The SMILES string of the molecule is CCC1CCCC(N2CCCC(C)(C(=O)O)C2)C1. The van der Waals surface area contributed by atoms with E-state index in [1.807, 2.05) is 6.92 Å². The summed E-state index contributed by atoms with van der Waals surface area (Å²) in [5.41, 5.74) is -0.516. The summed E-state index contributed by atoms with van der Waals surface area (Å²) in [7, 11) is 0. The van der Waals surface area contributed by atoms with Crippen LogP contribution in [0.5, 0.6) is 0 Å². The Balaban J connectivity index is 1.98. The Morgan fingerprint density at radius 2 is 2.17 bits per heavy atom. The van der Waals surface area contributed by atoms with Crippen LogP contribution in [0.25, 0.3) is 0 Å². The molecule has 1 saturated carbocycles. The summed E-state index contributed by atoms with van der Waals surface area (Å²) in [5.74, 6) is 0.247. The number of carbonyl (C=O) groups is 1. The number of piperidine rings is 1. The van der Waals surface area contributed by atoms with E-state index in [-0.39, 0.29) is 0 Å². The highest BCUT2D eigenvalue weighted by Gasteiger charge is 2.40.